The smallest absolute Gasteiger partial charge is 0.267 e. The highest BCUT2D eigenvalue weighted by Gasteiger charge is 2.34. The molecule has 0 atom stereocenters. The molecule has 7 heteroatoms. The first kappa shape index (κ1) is 19.1. The molecule has 0 heterocycles. The SMILES string of the molecule is CN(C(=O)c1ccccc1)N(C(=O)c1ccc([N+](=O)[O-])cc1)C(C)(C)C. The lowest BCUT2D eigenvalue weighted by Crippen LogP contribution is -2.56. The summed E-state index contributed by atoms with van der Waals surface area (Å²) in [4.78, 5) is 36.0. The van der Waals surface area contributed by atoms with Crippen LogP contribution in [0.5, 0.6) is 0 Å². The van der Waals surface area contributed by atoms with Crippen LogP contribution in [0, 0.1) is 10.1 Å². The number of hydrogen-bond acceptors (Lipinski definition) is 4. The average molecular weight is 355 g/mol. The molecule has 0 radical (unpaired) electrons. The number of hydrogen-bond donors (Lipinski definition) is 0. The Kier molecular flexibility index (Phi) is 5.40. The van der Waals surface area contributed by atoms with Gasteiger partial charge in [0.05, 0.1) is 10.5 Å². The van der Waals surface area contributed by atoms with Gasteiger partial charge in [-0.2, -0.15) is 0 Å². The fourth-order valence-electron chi connectivity index (χ4n) is 2.60. The molecule has 136 valence electrons. The first-order valence-electron chi connectivity index (χ1n) is 8.05. The van der Waals surface area contributed by atoms with E-state index in [-0.39, 0.29) is 17.2 Å². The van der Waals surface area contributed by atoms with E-state index in [0.717, 1.165) is 0 Å². The number of hydrazine groups is 1. The fraction of sp³-hybridized carbons (Fsp3) is 0.263. The van der Waals surface area contributed by atoms with Crippen molar-refractivity contribution in [2.75, 3.05) is 7.05 Å². The molecular weight excluding hydrogens is 334 g/mol. The van der Waals surface area contributed by atoms with Crippen LogP contribution < -0.4 is 0 Å². The molecule has 0 N–H and O–H groups in total. The summed E-state index contributed by atoms with van der Waals surface area (Å²) in [5, 5.41) is 13.4. The number of nitro benzene ring substituents is 1. The van der Waals surface area contributed by atoms with Gasteiger partial charge in [-0.05, 0) is 45.0 Å². The van der Waals surface area contributed by atoms with Crippen molar-refractivity contribution in [1.29, 1.82) is 0 Å². The maximum atomic E-state index is 13.0. The monoisotopic (exact) mass is 355 g/mol. The van der Waals surface area contributed by atoms with Gasteiger partial charge in [-0.15, -0.1) is 0 Å². The third kappa shape index (κ3) is 4.05. The Bertz CT molecular complexity index is 811. The maximum absolute atomic E-state index is 13.0. The summed E-state index contributed by atoms with van der Waals surface area (Å²) in [5.41, 5.74) is -0.0607. The minimum absolute atomic E-state index is 0.0995. The molecule has 7 nitrogen and oxygen atoms in total. The van der Waals surface area contributed by atoms with Gasteiger partial charge in [0.1, 0.15) is 0 Å². The highest BCUT2D eigenvalue weighted by molar-refractivity contribution is 5.99. The number of amides is 2. The van der Waals surface area contributed by atoms with Crippen LogP contribution in [-0.2, 0) is 0 Å². The van der Waals surface area contributed by atoms with Crippen LogP contribution in [0.3, 0.4) is 0 Å². The summed E-state index contributed by atoms with van der Waals surface area (Å²) in [6.07, 6.45) is 0. The molecule has 26 heavy (non-hydrogen) atoms. The van der Waals surface area contributed by atoms with Crippen molar-refractivity contribution < 1.29 is 14.5 Å². The Hall–Kier alpha value is -3.22. The van der Waals surface area contributed by atoms with E-state index < -0.39 is 16.4 Å². The summed E-state index contributed by atoms with van der Waals surface area (Å²) < 4.78 is 0. The molecule has 0 spiro atoms. The highest BCUT2D eigenvalue weighted by atomic mass is 16.6. The molecule has 0 aliphatic rings. The van der Waals surface area contributed by atoms with E-state index in [1.807, 2.05) is 20.8 Å². The lowest BCUT2D eigenvalue weighted by atomic mass is 10.1. The van der Waals surface area contributed by atoms with Crippen LogP contribution in [0.15, 0.2) is 54.6 Å². The van der Waals surface area contributed by atoms with E-state index in [1.54, 1.807) is 30.3 Å². The van der Waals surface area contributed by atoms with Crippen LogP contribution in [0.25, 0.3) is 0 Å². The van der Waals surface area contributed by atoms with E-state index in [2.05, 4.69) is 0 Å². The van der Waals surface area contributed by atoms with Crippen LogP contribution in [0.4, 0.5) is 5.69 Å². The first-order valence-corrected chi connectivity index (χ1v) is 8.05. The zero-order chi connectivity index (χ0) is 19.5. The molecular formula is C19H21N3O4. The molecule has 0 saturated carbocycles. The Balaban J connectivity index is 2.36. The first-order chi connectivity index (χ1) is 12.1. The largest absolute Gasteiger partial charge is 0.272 e. The Labute approximate surface area is 152 Å². The standard InChI is InChI=1S/C19H21N3O4/c1-19(2,3)21(20(4)17(23)14-8-6-5-7-9-14)18(24)15-10-12-16(13-11-15)22(25)26/h5-13H,1-4H3. The van der Waals surface area contributed by atoms with Gasteiger partial charge in [0, 0.05) is 30.3 Å². The van der Waals surface area contributed by atoms with Gasteiger partial charge in [0.15, 0.2) is 0 Å². The molecule has 0 aliphatic carbocycles. The Morgan fingerprint density at radius 2 is 1.38 bits per heavy atom. The van der Waals surface area contributed by atoms with Gasteiger partial charge in [0.2, 0.25) is 0 Å². The normalized spacial score (nSPS) is 10.9. The average Bonchev–Trinajstić information content (AvgIpc) is 2.60. The Morgan fingerprint density at radius 1 is 0.885 bits per heavy atom. The summed E-state index contributed by atoms with van der Waals surface area (Å²) in [5.74, 6) is -0.741. The number of rotatable bonds is 3. The summed E-state index contributed by atoms with van der Waals surface area (Å²) in [7, 11) is 1.53. The molecule has 0 saturated heterocycles. The second-order valence-corrected chi connectivity index (χ2v) is 6.79. The summed E-state index contributed by atoms with van der Waals surface area (Å²) in [6.45, 7) is 5.43. The van der Waals surface area contributed by atoms with Crippen molar-refractivity contribution in [3.05, 3.63) is 75.8 Å². The van der Waals surface area contributed by atoms with Crippen molar-refractivity contribution >= 4 is 17.5 Å². The molecule has 0 bridgehead atoms. The van der Waals surface area contributed by atoms with Crippen molar-refractivity contribution in [2.24, 2.45) is 0 Å². The number of nitrogens with zero attached hydrogens (tertiary/aromatic N) is 3. The molecule has 0 aromatic heterocycles. The van der Waals surface area contributed by atoms with Crippen LogP contribution >= 0.6 is 0 Å². The number of carbonyl (C=O) groups is 2. The molecule has 2 aromatic rings. The Morgan fingerprint density at radius 3 is 1.85 bits per heavy atom. The van der Waals surface area contributed by atoms with Crippen molar-refractivity contribution in [3.8, 4) is 0 Å². The van der Waals surface area contributed by atoms with Crippen LogP contribution in [0.1, 0.15) is 41.5 Å². The van der Waals surface area contributed by atoms with Crippen LogP contribution in [-0.4, -0.2) is 39.3 Å². The molecule has 0 fully saturated rings. The van der Waals surface area contributed by atoms with Gasteiger partial charge in [0.25, 0.3) is 17.5 Å². The zero-order valence-electron chi connectivity index (χ0n) is 15.2. The maximum Gasteiger partial charge on any atom is 0.272 e. The van der Waals surface area contributed by atoms with E-state index in [9.17, 15) is 19.7 Å². The number of non-ortho nitro benzene ring substituents is 1. The number of benzene rings is 2. The van der Waals surface area contributed by atoms with E-state index >= 15 is 0 Å². The second-order valence-electron chi connectivity index (χ2n) is 6.79. The summed E-state index contributed by atoms with van der Waals surface area (Å²) in [6, 6.07) is 14.0. The van der Waals surface area contributed by atoms with E-state index in [0.29, 0.717) is 5.56 Å². The second kappa shape index (κ2) is 7.35. The number of carbonyl (C=O) groups excluding carboxylic acids is 2. The molecule has 2 rings (SSSR count). The highest BCUT2D eigenvalue weighted by Crippen LogP contribution is 2.22. The molecule has 2 aromatic carbocycles. The van der Waals surface area contributed by atoms with E-state index in [1.165, 1.54) is 41.3 Å². The lowest BCUT2D eigenvalue weighted by Gasteiger charge is -2.41. The van der Waals surface area contributed by atoms with Gasteiger partial charge >= 0.3 is 0 Å². The topological polar surface area (TPSA) is 83.8 Å². The predicted molar refractivity (Wildman–Crippen MR) is 97.6 cm³/mol. The lowest BCUT2D eigenvalue weighted by molar-refractivity contribution is -0.384. The van der Waals surface area contributed by atoms with Crippen LogP contribution in [0.2, 0.25) is 0 Å². The van der Waals surface area contributed by atoms with E-state index in [4.69, 9.17) is 0 Å². The van der Waals surface area contributed by atoms with Gasteiger partial charge < -0.3 is 0 Å². The summed E-state index contributed by atoms with van der Waals surface area (Å²) >= 11 is 0. The molecule has 0 unspecified atom stereocenters. The third-order valence-corrected chi connectivity index (χ3v) is 3.77. The molecule has 0 aliphatic heterocycles. The fourth-order valence-corrected chi connectivity index (χ4v) is 2.60. The third-order valence-electron chi connectivity index (χ3n) is 3.77. The minimum Gasteiger partial charge on any atom is -0.267 e. The quantitative estimate of drug-likeness (QED) is 0.623. The van der Waals surface area contributed by atoms with Crippen molar-refractivity contribution in [3.63, 3.8) is 0 Å². The molecule has 2 amide bonds. The van der Waals surface area contributed by atoms with Crippen molar-refractivity contribution in [2.45, 2.75) is 26.3 Å². The minimum atomic E-state index is -0.682. The van der Waals surface area contributed by atoms with Crippen molar-refractivity contribution in [1.82, 2.24) is 10.0 Å². The van der Waals surface area contributed by atoms with Gasteiger partial charge in [-0.1, -0.05) is 18.2 Å². The van der Waals surface area contributed by atoms with Gasteiger partial charge in [-0.25, -0.2) is 10.0 Å². The van der Waals surface area contributed by atoms with Gasteiger partial charge in [-0.3, -0.25) is 19.7 Å². The predicted octanol–water partition coefficient (Wildman–Crippen LogP) is 3.52. The zero-order valence-corrected chi connectivity index (χ0v) is 15.2. The number of nitro groups is 1.